The number of nitrogens with one attached hydrogen (secondary N) is 1. The molecule has 3 aromatic rings. The number of carbonyl (C=O) groups is 1. The molecule has 4 nitrogen and oxygen atoms in total. The van der Waals surface area contributed by atoms with Crippen molar-refractivity contribution in [3.8, 4) is 11.5 Å². The lowest BCUT2D eigenvalue weighted by molar-refractivity contribution is 0.0937. The topological polar surface area (TPSA) is 55.0 Å². The maximum absolute atomic E-state index is 12.5. The fraction of sp³-hybridized carbons (Fsp3) is 0.300. The normalized spacial score (nSPS) is 11.4. The Hall–Kier alpha value is -2.62. The molecule has 0 radical (unpaired) electrons. The smallest absolute Gasteiger partial charge is 0.169 e. The molecule has 2 heterocycles. The van der Waals surface area contributed by atoms with E-state index in [0.29, 0.717) is 23.0 Å². The highest BCUT2D eigenvalue weighted by atomic mass is 16.5. The highest BCUT2D eigenvalue weighted by molar-refractivity contribution is 6.00. The minimum Gasteiger partial charge on any atom is -0.455 e. The number of aromatic nitrogens is 2. The second-order valence-electron chi connectivity index (χ2n) is 6.62. The summed E-state index contributed by atoms with van der Waals surface area (Å²) in [6, 6.07) is 9.70. The van der Waals surface area contributed by atoms with Gasteiger partial charge in [0.05, 0.1) is 11.8 Å². The van der Waals surface area contributed by atoms with Gasteiger partial charge in [-0.2, -0.15) is 0 Å². The maximum Gasteiger partial charge on any atom is 0.169 e. The molecule has 0 aliphatic carbocycles. The van der Waals surface area contributed by atoms with E-state index < -0.39 is 0 Å². The maximum atomic E-state index is 12.5. The quantitative estimate of drug-likeness (QED) is 0.647. The Bertz CT molecular complexity index is 878. The molecule has 0 bridgehead atoms. The lowest BCUT2D eigenvalue weighted by atomic mass is 9.95. The summed E-state index contributed by atoms with van der Waals surface area (Å²) < 4.78 is 6.05. The predicted octanol–water partition coefficient (Wildman–Crippen LogP) is 5.32. The third-order valence-electron chi connectivity index (χ3n) is 4.07. The van der Waals surface area contributed by atoms with Gasteiger partial charge in [0.1, 0.15) is 17.1 Å². The second kappa shape index (κ2) is 6.48. The standard InChI is InChI=1S/C20H22N2O2/c1-12(2)14-5-6-17(19(23)13(3)4)18(10-14)24-16-9-15-7-8-21-20(15)22-11-16/h5-13H,1-4H3,(H,21,22). The summed E-state index contributed by atoms with van der Waals surface area (Å²) in [5.41, 5.74) is 2.57. The van der Waals surface area contributed by atoms with Crippen molar-refractivity contribution in [1.29, 1.82) is 0 Å². The lowest BCUT2D eigenvalue weighted by Gasteiger charge is -2.15. The van der Waals surface area contributed by atoms with E-state index in [-0.39, 0.29) is 11.7 Å². The monoisotopic (exact) mass is 322 g/mol. The number of hydrogen-bond donors (Lipinski definition) is 1. The molecular weight excluding hydrogens is 300 g/mol. The Morgan fingerprint density at radius 3 is 2.62 bits per heavy atom. The highest BCUT2D eigenvalue weighted by Gasteiger charge is 2.18. The molecule has 0 fully saturated rings. The van der Waals surface area contributed by atoms with Crippen molar-refractivity contribution >= 4 is 16.8 Å². The average molecular weight is 322 g/mol. The van der Waals surface area contributed by atoms with E-state index >= 15 is 0 Å². The van der Waals surface area contributed by atoms with E-state index in [2.05, 4.69) is 23.8 Å². The third-order valence-corrected chi connectivity index (χ3v) is 4.07. The van der Waals surface area contributed by atoms with Gasteiger partial charge < -0.3 is 9.72 Å². The number of H-pyrrole nitrogens is 1. The van der Waals surface area contributed by atoms with Gasteiger partial charge in [0.25, 0.3) is 0 Å². The summed E-state index contributed by atoms with van der Waals surface area (Å²) >= 11 is 0. The number of hydrogen-bond acceptors (Lipinski definition) is 3. The van der Waals surface area contributed by atoms with E-state index in [1.165, 1.54) is 0 Å². The van der Waals surface area contributed by atoms with Crippen LogP contribution in [0.2, 0.25) is 0 Å². The average Bonchev–Trinajstić information content (AvgIpc) is 3.01. The largest absolute Gasteiger partial charge is 0.455 e. The second-order valence-corrected chi connectivity index (χ2v) is 6.62. The molecule has 24 heavy (non-hydrogen) atoms. The molecule has 0 saturated heterocycles. The highest BCUT2D eigenvalue weighted by Crippen LogP contribution is 2.31. The van der Waals surface area contributed by atoms with Gasteiger partial charge in [-0.3, -0.25) is 4.79 Å². The van der Waals surface area contributed by atoms with Crippen LogP contribution in [-0.4, -0.2) is 15.8 Å². The molecule has 0 saturated carbocycles. The zero-order valence-electron chi connectivity index (χ0n) is 14.5. The van der Waals surface area contributed by atoms with Gasteiger partial charge in [-0.05, 0) is 35.7 Å². The first-order valence-electron chi connectivity index (χ1n) is 8.25. The van der Waals surface area contributed by atoms with E-state index in [9.17, 15) is 4.79 Å². The number of ether oxygens (including phenoxy) is 1. The van der Waals surface area contributed by atoms with Crippen LogP contribution in [0.4, 0.5) is 0 Å². The summed E-state index contributed by atoms with van der Waals surface area (Å²) in [5, 5.41) is 0.976. The molecule has 0 spiro atoms. The molecule has 124 valence electrons. The van der Waals surface area contributed by atoms with Gasteiger partial charge in [0, 0.05) is 17.5 Å². The van der Waals surface area contributed by atoms with Crippen LogP contribution in [0.15, 0.2) is 42.7 Å². The minimum atomic E-state index is -0.0810. The van der Waals surface area contributed by atoms with Crippen molar-refractivity contribution in [3.05, 3.63) is 53.9 Å². The van der Waals surface area contributed by atoms with E-state index in [0.717, 1.165) is 16.6 Å². The molecule has 0 aliphatic rings. The minimum absolute atomic E-state index is 0.0796. The summed E-state index contributed by atoms with van der Waals surface area (Å²) in [6.45, 7) is 8.04. The van der Waals surface area contributed by atoms with Gasteiger partial charge in [0.15, 0.2) is 5.78 Å². The molecule has 2 aromatic heterocycles. The Morgan fingerprint density at radius 1 is 1.12 bits per heavy atom. The van der Waals surface area contributed by atoms with Crippen LogP contribution in [0.3, 0.4) is 0 Å². The summed E-state index contributed by atoms with van der Waals surface area (Å²) in [7, 11) is 0. The van der Waals surface area contributed by atoms with Crippen molar-refractivity contribution in [2.75, 3.05) is 0 Å². The number of aromatic amines is 1. The van der Waals surface area contributed by atoms with Gasteiger partial charge in [-0.1, -0.05) is 33.8 Å². The van der Waals surface area contributed by atoms with Crippen LogP contribution in [0.5, 0.6) is 11.5 Å². The molecule has 1 aromatic carbocycles. The Morgan fingerprint density at radius 2 is 1.92 bits per heavy atom. The molecule has 0 unspecified atom stereocenters. The van der Waals surface area contributed by atoms with E-state index in [1.54, 1.807) is 6.20 Å². The van der Waals surface area contributed by atoms with Crippen molar-refractivity contribution in [2.24, 2.45) is 5.92 Å². The first kappa shape index (κ1) is 16.2. The number of rotatable bonds is 5. The predicted molar refractivity (Wildman–Crippen MR) is 95.9 cm³/mol. The number of nitrogens with zero attached hydrogens (tertiary/aromatic N) is 1. The molecule has 3 rings (SSSR count). The summed E-state index contributed by atoms with van der Waals surface area (Å²) in [5.74, 6) is 1.58. The fourth-order valence-corrected chi connectivity index (χ4v) is 2.60. The van der Waals surface area contributed by atoms with Gasteiger partial charge in [0.2, 0.25) is 0 Å². The van der Waals surface area contributed by atoms with E-state index in [1.807, 2.05) is 50.4 Å². The van der Waals surface area contributed by atoms with Crippen molar-refractivity contribution in [2.45, 2.75) is 33.6 Å². The van der Waals surface area contributed by atoms with Crippen LogP contribution >= 0.6 is 0 Å². The number of carbonyl (C=O) groups excluding carboxylic acids is 1. The van der Waals surface area contributed by atoms with Gasteiger partial charge >= 0.3 is 0 Å². The number of Topliss-reactive ketones (excluding diaryl/α,β-unsaturated/α-hetero) is 1. The number of fused-ring (bicyclic) bond motifs is 1. The van der Waals surface area contributed by atoms with Crippen LogP contribution in [0.1, 0.15) is 49.5 Å². The first-order chi connectivity index (χ1) is 11.5. The number of benzene rings is 1. The van der Waals surface area contributed by atoms with Gasteiger partial charge in [-0.15, -0.1) is 0 Å². The molecule has 0 aliphatic heterocycles. The Labute approximate surface area is 141 Å². The van der Waals surface area contributed by atoms with Crippen molar-refractivity contribution < 1.29 is 9.53 Å². The molecule has 4 heteroatoms. The lowest BCUT2D eigenvalue weighted by Crippen LogP contribution is -2.09. The summed E-state index contributed by atoms with van der Waals surface area (Å²) in [6.07, 6.45) is 3.51. The Balaban J connectivity index is 2.02. The number of pyridine rings is 1. The summed E-state index contributed by atoms with van der Waals surface area (Å²) in [4.78, 5) is 19.9. The molecule has 0 amide bonds. The third kappa shape index (κ3) is 3.18. The zero-order valence-corrected chi connectivity index (χ0v) is 14.5. The fourth-order valence-electron chi connectivity index (χ4n) is 2.60. The van der Waals surface area contributed by atoms with Gasteiger partial charge in [-0.25, -0.2) is 4.98 Å². The Kier molecular flexibility index (Phi) is 4.38. The van der Waals surface area contributed by atoms with E-state index in [4.69, 9.17) is 4.74 Å². The van der Waals surface area contributed by atoms with Crippen LogP contribution in [0.25, 0.3) is 11.0 Å². The van der Waals surface area contributed by atoms with Crippen LogP contribution in [-0.2, 0) is 0 Å². The zero-order chi connectivity index (χ0) is 17.3. The molecular formula is C20H22N2O2. The van der Waals surface area contributed by atoms with Crippen LogP contribution in [0, 0.1) is 5.92 Å². The molecule has 1 N–H and O–H groups in total. The molecule has 0 atom stereocenters. The van der Waals surface area contributed by atoms with Crippen molar-refractivity contribution in [1.82, 2.24) is 9.97 Å². The van der Waals surface area contributed by atoms with Crippen LogP contribution < -0.4 is 4.74 Å². The first-order valence-corrected chi connectivity index (χ1v) is 8.25. The SMILES string of the molecule is CC(C)C(=O)c1ccc(C(C)C)cc1Oc1cnc2[nH]ccc2c1. The number of ketones is 1. The van der Waals surface area contributed by atoms with Crippen molar-refractivity contribution in [3.63, 3.8) is 0 Å².